The summed E-state index contributed by atoms with van der Waals surface area (Å²) >= 11 is 1.87. The van der Waals surface area contributed by atoms with Gasteiger partial charge in [0.1, 0.15) is 0 Å². The molecule has 2 heterocycles. The minimum atomic E-state index is 0.972. The molecule has 0 fully saturated rings. The van der Waals surface area contributed by atoms with Crippen LogP contribution in [0.2, 0.25) is 0 Å². The van der Waals surface area contributed by atoms with Crippen LogP contribution in [0.25, 0.3) is 64.7 Å². The number of thiophene rings is 1. The zero-order valence-corrected chi connectivity index (χ0v) is 30.0. The molecule has 252 valence electrons. The fourth-order valence-electron chi connectivity index (χ4n) is 7.93. The van der Waals surface area contributed by atoms with Crippen LogP contribution in [0.4, 0.5) is 17.1 Å². The van der Waals surface area contributed by atoms with Crippen LogP contribution in [0.3, 0.4) is 0 Å². The Morgan fingerprint density at radius 2 is 1.09 bits per heavy atom. The minimum Gasteiger partial charge on any atom is -0.313 e. The maximum Gasteiger partial charge on any atom is 0.0640 e. The van der Waals surface area contributed by atoms with Gasteiger partial charge >= 0.3 is 0 Å². The number of anilines is 3. The van der Waals surface area contributed by atoms with E-state index in [9.17, 15) is 0 Å². The summed E-state index contributed by atoms with van der Waals surface area (Å²) in [6.07, 6.45) is 6.61. The Hall–Kier alpha value is -6.42. The van der Waals surface area contributed by atoms with Crippen molar-refractivity contribution in [3.8, 4) is 22.4 Å². The van der Waals surface area contributed by atoms with Gasteiger partial charge in [0.25, 0.3) is 0 Å². The molecule has 0 bridgehead atoms. The second kappa shape index (κ2) is 13.3. The molecule has 0 saturated carbocycles. The van der Waals surface area contributed by atoms with Crippen LogP contribution in [-0.4, -0.2) is 4.57 Å². The van der Waals surface area contributed by atoms with E-state index in [1.807, 2.05) is 11.3 Å². The van der Waals surface area contributed by atoms with Crippen LogP contribution >= 0.6 is 11.3 Å². The number of hydrogen-bond acceptors (Lipinski definition) is 2. The maximum absolute atomic E-state index is 2.45. The van der Waals surface area contributed by atoms with Gasteiger partial charge in [0, 0.05) is 37.9 Å². The summed E-state index contributed by atoms with van der Waals surface area (Å²) in [6.45, 7) is 0. The molecule has 10 rings (SSSR count). The van der Waals surface area contributed by atoms with Gasteiger partial charge in [0.15, 0.2) is 0 Å². The smallest absolute Gasteiger partial charge is 0.0640 e. The molecule has 0 unspecified atom stereocenters. The third-order valence-corrected chi connectivity index (χ3v) is 11.8. The van der Waals surface area contributed by atoms with Gasteiger partial charge in [-0.1, -0.05) is 140 Å². The molecule has 1 aliphatic carbocycles. The summed E-state index contributed by atoms with van der Waals surface area (Å²) in [4.78, 5) is 2.42. The number of benzene rings is 7. The Kier molecular flexibility index (Phi) is 7.85. The van der Waals surface area contributed by atoms with Crippen LogP contribution in [0.1, 0.15) is 18.4 Å². The number of aromatic nitrogens is 1. The summed E-state index contributed by atoms with van der Waals surface area (Å²) < 4.78 is 5.06. The van der Waals surface area contributed by atoms with E-state index in [2.05, 4.69) is 204 Å². The van der Waals surface area contributed by atoms with Crippen molar-refractivity contribution in [3.05, 3.63) is 200 Å². The van der Waals surface area contributed by atoms with Crippen LogP contribution in [0, 0.1) is 0 Å². The van der Waals surface area contributed by atoms with E-state index < -0.39 is 0 Å². The number of hydrogen-bond donors (Lipinski definition) is 0. The summed E-state index contributed by atoms with van der Waals surface area (Å²) in [5, 5.41) is 3.87. The predicted molar refractivity (Wildman–Crippen MR) is 228 cm³/mol. The molecule has 2 nitrogen and oxygen atoms in total. The number of fused-ring (bicyclic) bond motifs is 4. The Bertz CT molecular complexity index is 2800. The Morgan fingerprint density at radius 1 is 0.472 bits per heavy atom. The molecule has 0 radical (unpaired) electrons. The van der Waals surface area contributed by atoms with Crippen molar-refractivity contribution in [2.24, 2.45) is 0 Å². The van der Waals surface area contributed by atoms with Gasteiger partial charge in [-0.05, 0) is 95.3 Å². The first kappa shape index (κ1) is 31.3. The quantitative estimate of drug-likeness (QED) is 0.161. The highest BCUT2D eigenvalue weighted by molar-refractivity contribution is 7.26. The second-order valence-electron chi connectivity index (χ2n) is 13.7. The molecule has 0 spiro atoms. The van der Waals surface area contributed by atoms with Gasteiger partial charge in [-0.25, -0.2) is 0 Å². The molecule has 7 aromatic carbocycles. The van der Waals surface area contributed by atoms with E-state index in [-0.39, 0.29) is 0 Å². The highest BCUT2D eigenvalue weighted by atomic mass is 32.1. The monoisotopic (exact) mass is 696 g/mol. The lowest BCUT2D eigenvalue weighted by atomic mass is 9.95. The van der Waals surface area contributed by atoms with E-state index in [0.29, 0.717) is 0 Å². The van der Waals surface area contributed by atoms with Crippen LogP contribution in [0.5, 0.6) is 0 Å². The molecule has 0 saturated heterocycles. The van der Waals surface area contributed by atoms with Gasteiger partial charge < -0.3 is 9.47 Å². The predicted octanol–water partition coefficient (Wildman–Crippen LogP) is 14.5. The van der Waals surface area contributed by atoms with Gasteiger partial charge in [-0.15, -0.1) is 11.3 Å². The second-order valence-corrected chi connectivity index (χ2v) is 14.7. The van der Waals surface area contributed by atoms with Gasteiger partial charge in [0.2, 0.25) is 0 Å². The van der Waals surface area contributed by atoms with E-state index in [4.69, 9.17) is 0 Å². The summed E-state index contributed by atoms with van der Waals surface area (Å²) in [7, 11) is 0. The molecule has 53 heavy (non-hydrogen) atoms. The number of allylic oxidation sites excluding steroid dienone is 4. The Balaban J connectivity index is 1.03. The van der Waals surface area contributed by atoms with E-state index in [1.54, 1.807) is 0 Å². The van der Waals surface area contributed by atoms with Crippen LogP contribution < -0.4 is 4.90 Å². The maximum atomic E-state index is 2.45. The molecule has 0 amide bonds. The first-order valence-corrected chi connectivity index (χ1v) is 19.1. The zero-order valence-electron chi connectivity index (χ0n) is 29.2. The highest BCUT2D eigenvalue weighted by Gasteiger charge is 2.20. The standard InChI is InChI=1S/C50H36N2S/c1-3-12-35(13-4-1)36-22-28-41(29-23-36)51(47-20-11-18-45-44-17-8-10-21-49(44)53-50(45)47)42-30-24-37(25-31-42)38-26-32-43(33-27-38)52-46-19-9-7-16-40(46)34-48(52)39-14-5-2-6-15-39/h1-26,28-32,34H,27,33H2. The van der Waals surface area contributed by atoms with Crippen molar-refractivity contribution in [1.29, 1.82) is 0 Å². The largest absolute Gasteiger partial charge is 0.313 e. The van der Waals surface area contributed by atoms with E-state index in [0.717, 1.165) is 24.2 Å². The first-order chi connectivity index (χ1) is 26.3. The average Bonchev–Trinajstić information content (AvgIpc) is 3.82. The molecule has 2 aromatic heterocycles. The Morgan fingerprint density at radius 3 is 1.83 bits per heavy atom. The molecular weight excluding hydrogens is 661 g/mol. The lowest BCUT2D eigenvalue weighted by Crippen LogP contribution is -2.10. The first-order valence-electron chi connectivity index (χ1n) is 18.3. The van der Waals surface area contributed by atoms with Gasteiger partial charge in [0.05, 0.1) is 21.6 Å². The van der Waals surface area contributed by atoms with Crippen molar-refractivity contribution in [2.75, 3.05) is 4.90 Å². The molecule has 3 heteroatoms. The van der Waals surface area contributed by atoms with Gasteiger partial charge in [-0.3, -0.25) is 0 Å². The van der Waals surface area contributed by atoms with Crippen molar-refractivity contribution in [3.63, 3.8) is 0 Å². The normalized spacial score (nSPS) is 13.0. The SMILES string of the molecule is C1=C(c2ccc(N(c3ccc(-c4ccccc4)cc3)c3cccc4c3sc3ccccc34)cc2)CCC(n2c(-c3ccccc3)cc3ccccc32)=C1. The fourth-order valence-corrected chi connectivity index (χ4v) is 9.14. The molecule has 1 aliphatic rings. The number of nitrogens with zero attached hydrogens (tertiary/aromatic N) is 2. The molecule has 0 aliphatic heterocycles. The lowest BCUT2D eigenvalue weighted by Gasteiger charge is -2.27. The van der Waals surface area contributed by atoms with E-state index in [1.165, 1.54) is 76.0 Å². The summed E-state index contributed by atoms with van der Waals surface area (Å²) in [5.41, 5.74) is 13.6. The third-order valence-electron chi connectivity index (χ3n) is 10.5. The summed E-state index contributed by atoms with van der Waals surface area (Å²) in [5.74, 6) is 0. The summed E-state index contributed by atoms with van der Waals surface area (Å²) in [6, 6.07) is 66.1. The zero-order chi connectivity index (χ0) is 35.1. The molecule has 0 N–H and O–H groups in total. The molecule has 9 aromatic rings. The van der Waals surface area contributed by atoms with Crippen molar-refractivity contribution in [1.82, 2.24) is 4.57 Å². The average molecular weight is 697 g/mol. The van der Waals surface area contributed by atoms with Crippen molar-refractivity contribution < 1.29 is 0 Å². The van der Waals surface area contributed by atoms with E-state index >= 15 is 0 Å². The number of rotatable bonds is 7. The lowest BCUT2D eigenvalue weighted by molar-refractivity contribution is 0.979. The topological polar surface area (TPSA) is 8.17 Å². The van der Waals surface area contributed by atoms with Gasteiger partial charge in [-0.2, -0.15) is 0 Å². The van der Waals surface area contributed by atoms with Crippen molar-refractivity contribution in [2.45, 2.75) is 12.8 Å². The Labute approximate surface area is 313 Å². The third kappa shape index (κ3) is 5.67. The fraction of sp³-hybridized carbons (Fsp3) is 0.0400. The van der Waals surface area contributed by atoms with Crippen molar-refractivity contribution >= 4 is 70.7 Å². The highest BCUT2D eigenvalue weighted by Crippen LogP contribution is 2.45. The molecular formula is C50H36N2S. The number of para-hydroxylation sites is 1. The molecule has 0 atom stereocenters. The van der Waals surface area contributed by atoms with Crippen LogP contribution in [0.15, 0.2) is 194 Å². The van der Waals surface area contributed by atoms with Crippen LogP contribution in [-0.2, 0) is 0 Å². The minimum absolute atomic E-state index is 0.972.